The fourth-order valence-corrected chi connectivity index (χ4v) is 5.20. The van der Waals surface area contributed by atoms with E-state index >= 15 is 0 Å². The van der Waals surface area contributed by atoms with Crippen molar-refractivity contribution in [3.05, 3.63) is 0 Å². The number of ether oxygens (including phenoxy) is 1. The van der Waals surface area contributed by atoms with Gasteiger partial charge in [-0.2, -0.15) is 0 Å². The minimum Gasteiger partial charge on any atom is -0.370 e. The fraction of sp³-hybridized carbons (Fsp3) is 1.00. The van der Waals surface area contributed by atoms with Crippen molar-refractivity contribution < 1.29 is 4.74 Å². The number of alkyl halides is 1. The van der Waals surface area contributed by atoms with Gasteiger partial charge in [0.1, 0.15) is 0 Å². The van der Waals surface area contributed by atoms with Gasteiger partial charge >= 0.3 is 0 Å². The molecule has 1 aliphatic heterocycles. The molecule has 1 spiro atoms. The summed E-state index contributed by atoms with van der Waals surface area (Å²) in [6, 6.07) is 0. The van der Waals surface area contributed by atoms with Gasteiger partial charge in [0, 0.05) is 12.4 Å². The highest BCUT2D eigenvalue weighted by Crippen LogP contribution is 2.41. The molecule has 0 aromatic heterocycles. The van der Waals surface area contributed by atoms with Gasteiger partial charge < -0.3 is 10.1 Å². The van der Waals surface area contributed by atoms with E-state index < -0.39 is 0 Å². The Balaban J connectivity index is 1.38. The second kappa shape index (κ2) is 7.66. The second-order valence-electron chi connectivity index (χ2n) is 7.64. The smallest absolute Gasteiger partial charge is 0.0708 e. The molecule has 3 fully saturated rings. The average molecular weight is 314 g/mol. The topological polar surface area (TPSA) is 21.3 Å². The van der Waals surface area contributed by atoms with Crippen molar-refractivity contribution in [3.8, 4) is 0 Å². The average Bonchev–Trinajstić information content (AvgIpc) is 2.91. The Bertz CT molecular complexity index is 316. The first-order valence-corrected chi connectivity index (χ1v) is 9.79. The Morgan fingerprint density at radius 3 is 2.38 bits per heavy atom. The summed E-state index contributed by atoms with van der Waals surface area (Å²) in [6.45, 7) is 2.19. The second-order valence-corrected chi connectivity index (χ2v) is 7.95. The largest absolute Gasteiger partial charge is 0.370 e. The molecule has 1 saturated heterocycles. The van der Waals surface area contributed by atoms with E-state index in [4.69, 9.17) is 16.3 Å². The van der Waals surface area contributed by atoms with Crippen LogP contribution in [0.5, 0.6) is 0 Å². The van der Waals surface area contributed by atoms with E-state index in [1.807, 2.05) is 0 Å². The molecule has 0 aromatic carbocycles. The summed E-state index contributed by atoms with van der Waals surface area (Å²) in [5.41, 5.74) is 0.272. The van der Waals surface area contributed by atoms with Crippen LogP contribution in [0.3, 0.4) is 0 Å². The number of halogens is 1. The summed E-state index contributed by atoms with van der Waals surface area (Å²) in [5.74, 6) is 2.37. The van der Waals surface area contributed by atoms with Gasteiger partial charge in [-0.1, -0.05) is 32.1 Å². The molecule has 0 radical (unpaired) electrons. The van der Waals surface area contributed by atoms with Crippen LogP contribution in [0.2, 0.25) is 0 Å². The SMILES string of the molecule is ClCC1CCCCC1CNCC1CCC2(CCCCC2)O1. The Morgan fingerprint density at radius 1 is 0.857 bits per heavy atom. The molecule has 0 bridgehead atoms. The lowest BCUT2D eigenvalue weighted by Crippen LogP contribution is -2.37. The zero-order chi connectivity index (χ0) is 14.5. The van der Waals surface area contributed by atoms with Gasteiger partial charge in [0.05, 0.1) is 11.7 Å². The molecule has 1 heterocycles. The Labute approximate surface area is 135 Å². The number of hydrogen-bond donors (Lipinski definition) is 1. The molecule has 122 valence electrons. The first-order valence-electron chi connectivity index (χ1n) is 9.26. The normalized spacial score (nSPS) is 36.1. The Hall–Kier alpha value is 0.210. The lowest BCUT2D eigenvalue weighted by molar-refractivity contribution is -0.0626. The number of rotatable bonds is 5. The van der Waals surface area contributed by atoms with Crippen molar-refractivity contribution in [2.45, 2.75) is 82.3 Å². The molecule has 3 unspecified atom stereocenters. The molecule has 0 aromatic rings. The van der Waals surface area contributed by atoms with Crippen LogP contribution in [0.15, 0.2) is 0 Å². The summed E-state index contributed by atoms with van der Waals surface area (Å²) in [6.07, 6.45) is 15.3. The molecule has 1 N–H and O–H groups in total. The predicted octanol–water partition coefficient (Wildman–Crippen LogP) is 4.50. The van der Waals surface area contributed by atoms with Crippen LogP contribution >= 0.6 is 11.6 Å². The summed E-state index contributed by atoms with van der Waals surface area (Å²) in [7, 11) is 0. The van der Waals surface area contributed by atoms with Crippen molar-refractivity contribution in [2.75, 3.05) is 19.0 Å². The zero-order valence-electron chi connectivity index (χ0n) is 13.4. The van der Waals surface area contributed by atoms with E-state index in [0.717, 1.165) is 30.8 Å². The van der Waals surface area contributed by atoms with Crippen molar-refractivity contribution in [3.63, 3.8) is 0 Å². The summed E-state index contributed by atoms with van der Waals surface area (Å²) in [4.78, 5) is 0. The first kappa shape index (κ1) is 16.1. The molecular formula is C18H32ClNO. The lowest BCUT2D eigenvalue weighted by atomic mass is 9.80. The maximum absolute atomic E-state index is 6.44. The third kappa shape index (κ3) is 4.14. The summed E-state index contributed by atoms with van der Waals surface area (Å²) in [5, 5.41) is 3.70. The Morgan fingerprint density at radius 2 is 1.62 bits per heavy atom. The van der Waals surface area contributed by atoms with Gasteiger partial charge in [-0.15, -0.1) is 11.6 Å². The molecule has 3 heteroatoms. The van der Waals surface area contributed by atoms with E-state index in [1.165, 1.54) is 70.6 Å². The summed E-state index contributed by atoms with van der Waals surface area (Å²) < 4.78 is 6.44. The highest BCUT2D eigenvalue weighted by atomic mass is 35.5. The van der Waals surface area contributed by atoms with E-state index in [-0.39, 0.29) is 5.60 Å². The van der Waals surface area contributed by atoms with E-state index in [9.17, 15) is 0 Å². The van der Waals surface area contributed by atoms with Crippen molar-refractivity contribution in [1.82, 2.24) is 5.32 Å². The molecule has 2 nitrogen and oxygen atoms in total. The van der Waals surface area contributed by atoms with Crippen LogP contribution in [0, 0.1) is 11.8 Å². The van der Waals surface area contributed by atoms with Crippen LogP contribution in [-0.4, -0.2) is 30.7 Å². The van der Waals surface area contributed by atoms with Gasteiger partial charge in [0.25, 0.3) is 0 Å². The quantitative estimate of drug-likeness (QED) is 0.754. The standard InChI is InChI=1S/C18H32ClNO/c19-12-15-6-2-3-7-16(15)13-20-14-17-8-11-18(21-17)9-4-1-5-10-18/h15-17,20H,1-14H2. The van der Waals surface area contributed by atoms with E-state index in [0.29, 0.717) is 6.10 Å². The molecule has 2 saturated carbocycles. The predicted molar refractivity (Wildman–Crippen MR) is 89.0 cm³/mol. The third-order valence-corrected chi connectivity index (χ3v) is 6.54. The maximum Gasteiger partial charge on any atom is 0.0708 e. The van der Waals surface area contributed by atoms with Gasteiger partial charge in [-0.25, -0.2) is 0 Å². The lowest BCUT2D eigenvalue weighted by Gasteiger charge is -2.34. The highest BCUT2D eigenvalue weighted by molar-refractivity contribution is 6.18. The molecular weight excluding hydrogens is 282 g/mol. The van der Waals surface area contributed by atoms with Crippen molar-refractivity contribution in [1.29, 1.82) is 0 Å². The summed E-state index contributed by atoms with van der Waals surface area (Å²) >= 11 is 6.13. The van der Waals surface area contributed by atoms with Crippen LogP contribution in [0.4, 0.5) is 0 Å². The molecule has 2 aliphatic carbocycles. The Kier molecular flexibility index (Phi) is 5.86. The minimum atomic E-state index is 0.272. The zero-order valence-corrected chi connectivity index (χ0v) is 14.2. The van der Waals surface area contributed by atoms with Gasteiger partial charge in [0.15, 0.2) is 0 Å². The number of nitrogens with one attached hydrogen (secondary N) is 1. The third-order valence-electron chi connectivity index (χ3n) is 6.15. The van der Waals surface area contributed by atoms with E-state index in [2.05, 4.69) is 5.32 Å². The highest BCUT2D eigenvalue weighted by Gasteiger charge is 2.40. The van der Waals surface area contributed by atoms with E-state index in [1.54, 1.807) is 0 Å². The monoisotopic (exact) mass is 313 g/mol. The molecule has 3 atom stereocenters. The van der Waals surface area contributed by atoms with Crippen molar-refractivity contribution >= 4 is 11.6 Å². The molecule has 3 aliphatic rings. The van der Waals surface area contributed by atoms with Crippen LogP contribution in [0.1, 0.15) is 70.6 Å². The van der Waals surface area contributed by atoms with Crippen LogP contribution in [-0.2, 0) is 4.74 Å². The molecule has 3 rings (SSSR count). The fourth-order valence-electron chi connectivity index (χ4n) is 4.79. The first-order chi connectivity index (χ1) is 10.3. The molecule has 0 amide bonds. The van der Waals surface area contributed by atoms with Gasteiger partial charge in [-0.05, 0) is 56.9 Å². The van der Waals surface area contributed by atoms with Crippen LogP contribution in [0.25, 0.3) is 0 Å². The maximum atomic E-state index is 6.44. The van der Waals surface area contributed by atoms with Crippen LogP contribution < -0.4 is 5.32 Å². The van der Waals surface area contributed by atoms with Crippen molar-refractivity contribution in [2.24, 2.45) is 11.8 Å². The van der Waals surface area contributed by atoms with Gasteiger partial charge in [-0.3, -0.25) is 0 Å². The number of hydrogen-bond acceptors (Lipinski definition) is 2. The minimum absolute atomic E-state index is 0.272. The van der Waals surface area contributed by atoms with Gasteiger partial charge in [0.2, 0.25) is 0 Å². The molecule has 21 heavy (non-hydrogen) atoms.